The summed E-state index contributed by atoms with van der Waals surface area (Å²) in [6.07, 6.45) is 0. The average Bonchev–Trinajstić information content (AvgIpc) is 2.17. The molecule has 0 unspecified atom stereocenters. The van der Waals surface area contributed by atoms with E-state index in [9.17, 15) is 0 Å². The molecule has 0 bridgehead atoms. The highest BCUT2D eigenvalue weighted by molar-refractivity contribution is 5.56. The first kappa shape index (κ1) is 10.3. The lowest BCUT2D eigenvalue weighted by atomic mass is 10.2. The quantitative estimate of drug-likeness (QED) is 0.716. The summed E-state index contributed by atoms with van der Waals surface area (Å²) in [4.78, 5) is 0. The molecule has 1 heterocycles. The smallest absolute Gasteiger partial charge is 0.0612 e. The number of ether oxygens (including phenoxy) is 1. The molecule has 0 amide bonds. The Labute approximate surface area is 90.0 Å². The van der Waals surface area contributed by atoms with Gasteiger partial charge in [-0.1, -0.05) is 0 Å². The summed E-state index contributed by atoms with van der Waals surface area (Å²) in [6, 6.07) is 6.00. The van der Waals surface area contributed by atoms with Crippen molar-refractivity contribution >= 4 is 11.4 Å². The maximum atomic E-state index is 5.78. The van der Waals surface area contributed by atoms with E-state index in [1.807, 2.05) is 19.1 Å². The van der Waals surface area contributed by atoms with E-state index in [4.69, 9.17) is 10.5 Å². The molecule has 1 saturated heterocycles. The summed E-state index contributed by atoms with van der Waals surface area (Å²) in [5.74, 6) is 0. The van der Waals surface area contributed by atoms with Crippen LogP contribution in [0.4, 0.5) is 11.4 Å². The number of nitrogen functional groups attached to an aromatic ring is 1. The molecule has 1 aliphatic heterocycles. The van der Waals surface area contributed by atoms with Gasteiger partial charge in [-0.25, -0.2) is 5.01 Å². The van der Waals surface area contributed by atoms with Crippen LogP contribution in [-0.2, 0) is 4.74 Å². The van der Waals surface area contributed by atoms with Crippen LogP contribution >= 0.6 is 0 Å². The first-order valence-corrected chi connectivity index (χ1v) is 5.20. The molecule has 15 heavy (non-hydrogen) atoms. The van der Waals surface area contributed by atoms with Gasteiger partial charge in [0, 0.05) is 18.8 Å². The first-order chi connectivity index (χ1) is 7.24. The maximum Gasteiger partial charge on any atom is 0.0612 e. The van der Waals surface area contributed by atoms with Crippen LogP contribution in [0.15, 0.2) is 18.2 Å². The van der Waals surface area contributed by atoms with Crippen molar-refractivity contribution in [2.45, 2.75) is 6.92 Å². The van der Waals surface area contributed by atoms with Crippen LogP contribution in [-0.4, -0.2) is 31.3 Å². The number of nitrogens with two attached hydrogens (primary N) is 1. The summed E-state index contributed by atoms with van der Waals surface area (Å²) in [5, 5.41) is 2.15. The van der Waals surface area contributed by atoms with Crippen molar-refractivity contribution in [3.8, 4) is 0 Å². The maximum absolute atomic E-state index is 5.78. The van der Waals surface area contributed by atoms with E-state index in [1.165, 1.54) is 5.56 Å². The molecule has 0 radical (unpaired) electrons. The monoisotopic (exact) mass is 207 g/mol. The first-order valence-electron chi connectivity index (χ1n) is 5.20. The molecule has 1 aromatic rings. The molecule has 0 aliphatic carbocycles. The molecule has 1 aromatic carbocycles. The number of anilines is 2. The summed E-state index contributed by atoms with van der Waals surface area (Å²) in [6.45, 7) is 5.44. The van der Waals surface area contributed by atoms with Gasteiger partial charge in [0.05, 0.1) is 18.9 Å². The number of nitrogens with zero attached hydrogens (tertiary/aromatic N) is 1. The van der Waals surface area contributed by atoms with E-state index >= 15 is 0 Å². The minimum absolute atomic E-state index is 0.786. The molecule has 0 aromatic heterocycles. The van der Waals surface area contributed by atoms with Gasteiger partial charge in [-0.15, -0.1) is 0 Å². The Kier molecular flexibility index (Phi) is 3.08. The van der Waals surface area contributed by atoms with E-state index < -0.39 is 0 Å². The molecule has 0 atom stereocenters. The fourth-order valence-electron chi connectivity index (χ4n) is 1.74. The highest BCUT2D eigenvalue weighted by Gasteiger charge is 2.09. The van der Waals surface area contributed by atoms with Gasteiger partial charge >= 0.3 is 0 Å². The van der Waals surface area contributed by atoms with Crippen LogP contribution in [0, 0.1) is 6.92 Å². The Morgan fingerprint density at radius 2 is 2.00 bits per heavy atom. The summed E-state index contributed by atoms with van der Waals surface area (Å²) >= 11 is 0. The Morgan fingerprint density at radius 1 is 1.27 bits per heavy atom. The van der Waals surface area contributed by atoms with Crippen LogP contribution in [0.25, 0.3) is 0 Å². The van der Waals surface area contributed by atoms with Crippen molar-refractivity contribution in [1.29, 1.82) is 0 Å². The number of nitrogens with one attached hydrogen (secondary N) is 1. The molecule has 0 spiro atoms. The minimum Gasteiger partial charge on any atom is -0.399 e. The third-order valence-corrected chi connectivity index (χ3v) is 2.40. The molecule has 1 fully saturated rings. The van der Waals surface area contributed by atoms with Gasteiger partial charge in [-0.05, 0) is 30.7 Å². The van der Waals surface area contributed by atoms with E-state index in [1.54, 1.807) is 0 Å². The normalized spacial score (nSPS) is 17.7. The van der Waals surface area contributed by atoms with E-state index in [0.29, 0.717) is 0 Å². The molecule has 4 nitrogen and oxygen atoms in total. The van der Waals surface area contributed by atoms with Crippen molar-refractivity contribution in [3.63, 3.8) is 0 Å². The van der Waals surface area contributed by atoms with Crippen LogP contribution in [0.5, 0.6) is 0 Å². The van der Waals surface area contributed by atoms with E-state index in [-0.39, 0.29) is 0 Å². The zero-order valence-corrected chi connectivity index (χ0v) is 8.99. The van der Waals surface area contributed by atoms with E-state index in [2.05, 4.69) is 16.5 Å². The third-order valence-electron chi connectivity index (χ3n) is 2.40. The van der Waals surface area contributed by atoms with Crippen molar-refractivity contribution in [1.82, 2.24) is 5.01 Å². The highest BCUT2D eigenvalue weighted by atomic mass is 16.5. The lowest BCUT2D eigenvalue weighted by Crippen LogP contribution is -2.40. The SMILES string of the molecule is Cc1cc(N)cc(NN2CCOCC2)c1. The van der Waals surface area contributed by atoms with Crippen LogP contribution in [0.1, 0.15) is 5.56 Å². The highest BCUT2D eigenvalue weighted by Crippen LogP contribution is 2.16. The number of benzene rings is 1. The molecular weight excluding hydrogens is 190 g/mol. The van der Waals surface area contributed by atoms with Crippen LogP contribution in [0.2, 0.25) is 0 Å². The second-order valence-corrected chi connectivity index (χ2v) is 3.84. The van der Waals surface area contributed by atoms with E-state index in [0.717, 1.165) is 37.7 Å². The minimum atomic E-state index is 0.786. The fraction of sp³-hybridized carbons (Fsp3) is 0.455. The number of rotatable bonds is 2. The van der Waals surface area contributed by atoms with Gasteiger partial charge in [0.2, 0.25) is 0 Å². The number of aryl methyl sites for hydroxylation is 1. The summed E-state index contributed by atoms with van der Waals surface area (Å²) in [7, 11) is 0. The average molecular weight is 207 g/mol. The Balaban J connectivity index is 2.02. The van der Waals surface area contributed by atoms with Crippen molar-refractivity contribution < 1.29 is 4.74 Å². The Hall–Kier alpha value is -1.26. The van der Waals surface area contributed by atoms with Gasteiger partial charge in [0.25, 0.3) is 0 Å². The van der Waals surface area contributed by atoms with Crippen molar-refractivity contribution in [2.75, 3.05) is 37.5 Å². The molecule has 3 N–H and O–H groups in total. The zero-order valence-electron chi connectivity index (χ0n) is 8.99. The molecule has 82 valence electrons. The molecule has 0 saturated carbocycles. The molecular formula is C11H17N3O. The van der Waals surface area contributed by atoms with Crippen molar-refractivity contribution in [2.24, 2.45) is 0 Å². The number of hydrogen-bond acceptors (Lipinski definition) is 4. The predicted octanol–water partition coefficient (Wildman–Crippen LogP) is 1.24. The third kappa shape index (κ3) is 2.84. The predicted molar refractivity (Wildman–Crippen MR) is 61.6 cm³/mol. The molecule has 1 aliphatic rings. The topological polar surface area (TPSA) is 50.5 Å². The van der Waals surface area contributed by atoms with Gasteiger partial charge in [0.1, 0.15) is 0 Å². The number of morpholine rings is 1. The molecule has 4 heteroatoms. The molecule has 2 rings (SSSR count). The fourth-order valence-corrected chi connectivity index (χ4v) is 1.74. The van der Waals surface area contributed by atoms with Gasteiger partial charge in [-0.3, -0.25) is 0 Å². The standard InChI is InChI=1S/C11H17N3O/c1-9-6-10(12)8-11(7-9)13-14-2-4-15-5-3-14/h6-8,13H,2-5,12H2,1H3. The van der Waals surface area contributed by atoms with Gasteiger partial charge in [0.15, 0.2) is 0 Å². The zero-order chi connectivity index (χ0) is 10.7. The largest absolute Gasteiger partial charge is 0.399 e. The van der Waals surface area contributed by atoms with Crippen LogP contribution < -0.4 is 11.2 Å². The Morgan fingerprint density at radius 3 is 2.67 bits per heavy atom. The Bertz CT molecular complexity index is 314. The van der Waals surface area contributed by atoms with Gasteiger partial charge in [-0.2, -0.15) is 0 Å². The summed E-state index contributed by atoms with van der Waals surface area (Å²) < 4.78 is 5.28. The second-order valence-electron chi connectivity index (χ2n) is 3.84. The van der Waals surface area contributed by atoms with Crippen LogP contribution in [0.3, 0.4) is 0 Å². The summed E-state index contributed by atoms with van der Waals surface area (Å²) in [5.41, 5.74) is 12.1. The second kappa shape index (κ2) is 4.51. The lowest BCUT2D eigenvalue weighted by Gasteiger charge is -2.28. The van der Waals surface area contributed by atoms with Crippen molar-refractivity contribution in [3.05, 3.63) is 23.8 Å². The number of hydrogen-bond donors (Lipinski definition) is 2. The lowest BCUT2D eigenvalue weighted by molar-refractivity contribution is 0.0497. The number of hydrazine groups is 1. The van der Waals surface area contributed by atoms with Gasteiger partial charge < -0.3 is 15.9 Å².